The first-order valence-electron chi connectivity index (χ1n) is 11.0. The molecule has 1 saturated heterocycles. The fraction of sp³-hybridized carbons (Fsp3) is 0.400. The molecule has 1 aliphatic carbocycles. The molecule has 162 valence electrons. The number of carbonyl (C=O) groups is 1. The van der Waals surface area contributed by atoms with Crippen molar-refractivity contribution < 1.29 is 4.79 Å². The molecule has 2 N–H and O–H groups in total. The van der Waals surface area contributed by atoms with Gasteiger partial charge in [-0.15, -0.1) is 0 Å². The molecule has 2 aromatic carbocycles. The lowest BCUT2D eigenvalue weighted by atomic mass is 9.73. The van der Waals surface area contributed by atoms with Gasteiger partial charge in [-0.2, -0.15) is 0 Å². The van der Waals surface area contributed by atoms with E-state index in [9.17, 15) is 4.79 Å². The largest absolute Gasteiger partial charge is 0.351 e. The van der Waals surface area contributed by atoms with Gasteiger partial charge in [0.25, 0.3) is 0 Å². The van der Waals surface area contributed by atoms with Gasteiger partial charge in [0.2, 0.25) is 0 Å². The number of nitrogens with two attached hydrogens (primary N) is 1. The molecule has 2 aliphatic heterocycles. The van der Waals surface area contributed by atoms with Crippen LogP contribution >= 0.6 is 23.2 Å². The summed E-state index contributed by atoms with van der Waals surface area (Å²) in [4.78, 5) is 16.5. The Morgan fingerprint density at radius 2 is 1.81 bits per heavy atom. The minimum atomic E-state index is -0.330. The lowest BCUT2D eigenvalue weighted by Crippen LogP contribution is -2.46. The molecule has 1 spiro atoms. The average Bonchev–Trinajstić information content (AvgIpc) is 3.33. The SMILES string of the molecule is NC(=O)N1CC2(CCN(CC=Cc3ccc(Cl)c(Cl)c3)CC2)c2cc3c(cc21)CCC3. The highest BCUT2D eigenvalue weighted by Crippen LogP contribution is 2.48. The van der Waals surface area contributed by atoms with Gasteiger partial charge in [-0.05, 0) is 85.6 Å². The van der Waals surface area contributed by atoms with Crippen LogP contribution in [0.1, 0.15) is 41.5 Å². The molecule has 0 saturated carbocycles. The van der Waals surface area contributed by atoms with E-state index in [0.29, 0.717) is 16.6 Å². The second-order valence-corrected chi connectivity index (χ2v) is 9.89. The molecule has 6 heteroatoms. The van der Waals surface area contributed by atoms with Gasteiger partial charge in [0, 0.05) is 24.2 Å². The van der Waals surface area contributed by atoms with E-state index in [0.717, 1.165) is 56.6 Å². The summed E-state index contributed by atoms with van der Waals surface area (Å²) < 4.78 is 0. The summed E-state index contributed by atoms with van der Waals surface area (Å²) in [6.45, 7) is 3.63. The highest BCUT2D eigenvalue weighted by molar-refractivity contribution is 6.42. The molecule has 0 radical (unpaired) electrons. The van der Waals surface area contributed by atoms with Crippen molar-refractivity contribution in [2.24, 2.45) is 5.73 Å². The summed E-state index contributed by atoms with van der Waals surface area (Å²) in [5, 5.41) is 1.15. The van der Waals surface area contributed by atoms with Crippen LogP contribution in [0, 0.1) is 0 Å². The van der Waals surface area contributed by atoms with E-state index in [-0.39, 0.29) is 11.4 Å². The second kappa shape index (κ2) is 8.16. The molecule has 0 bridgehead atoms. The number of likely N-dealkylation sites (tertiary alicyclic amines) is 1. The molecule has 0 aromatic heterocycles. The third-order valence-electron chi connectivity index (χ3n) is 7.23. The zero-order chi connectivity index (χ0) is 21.6. The van der Waals surface area contributed by atoms with Gasteiger partial charge in [-0.1, -0.05) is 47.5 Å². The zero-order valence-electron chi connectivity index (χ0n) is 17.5. The standard InChI is InChI=1S/C25H27Cl2N3O/c26-21-7-6-17(13-22(21)27)3-2-10-29-11-8-25(9-12-29)16-30(24(28)31)23-15-19-5-1-4-18(19)14-20(23)25/h2-3,6-7,13-15H,1,4-5,8-12,16H2,(H2,28,31). The van der Waals surface area contributed by atoms with Crippen LogP contribution in [0.5, 0.6) is 0 Å². The number of nitrogens with zero attached hydrogens (tertiary/aromatic N) is 2. The van der Waals surface area contributed by atoms with Crippen LogP contribution in [0.4, 0.5) is 10.5 Å². The Morgan fingerprint density at radius 1 is 1.06 bits per heavy atom. The van der Waals surface area contributed by atoms with E-state index >= 15 is 0 Å². The Balaban J connectivity index is 1.29. The van der Waals surface area contributed by atoms with E-state index in [1.54, 1.807) is 0 Å². The molecule has 1 fully saturated rings. The quantitative estimate of drug-likeness (QED) is 0.670. The van der Waals surface area contributed by atoms with Gasteiger partial charge in [0.15, 0.2) is 0 Å². The zero-order valence-corrected chi connectivity index (χ0v) is 19.1. The van der Waals surface area contributed by atoms with E-state index in [1.165, 1.54) is 23.1 Å². The van der Waals surface area contributed by atoms with Crippen molar-refractivity contribution in [3.8, 4) is 0 Å². The van der Waals surface area contributed by atoms with Crippen molar-refractivity contribution in [3.63, 3.8) is 0 Å². The van der Waals surface area contributed by atoms with Crippen LogP contribution < -0.4 is 10.6 Å². The van der Waals surface area contributed by atoms with E-state index in [2.05, 4.69) is 29.2 Å². The number of benzene rings is 2. The van der Waals surface area contributed by atoms with E-state index < -0.39 is 0 Å². The van der Waals surface area contributed by atoms with Crippen molar-refractivity contribution >= 4 is 41.0 Å². The number of hydrogen-bond acceptors (Lipinski definition) is 2. The number of anilines is 1. The van der Waals surface area contributed by atoms with Gasteiger partial charge < -0.3 is 5.73 Å². The highest BCUT2D eigenvalue weighted by atomic mass is 35.5. The smallest absolute Gasteiger partial charge is 0.319 e. The Labute approximate surface area is 193 Å². The van der Waals surface area contributed by atoms with Crippen molar-refractivity contribution in [2.45, 2.75) is 37.5 Å². The second-order valence-electron chi connectivity index (χ2n) is 9.07. The summed E-state index contributed by atoms with van der Waals surface area (Å²) in [5.41, 5.74) is 12.1. The summed E-state index contributed by atoms with van der Waals surface area (Å²) >= 11 is 12.1. The van der Waals surface area contributed by atoms with Crippen LogP contribution in [0.2, 0.25) is 10.0 Å². The summed E-state index contributed by atoms with van der Waals surface area (Å²) in [6, 6.07) is 9.99. The number of carbonyl (C=O) groups excluding carboxylic acids is 1. The maximum atomic E-state index is 12.2. The van der Waals surface area contributed by atoms with Crippen molar-refractivity contribution in [1.82, 2.24) is 4.90 Å². The molecule has 0 atom stereocenters. The number of urea groups is 1. The lowest BCUT2D eigenvalue weighted by molar-refractivity contribution is 0.180. The predicted octanol–water partition coefficient (Wildman–Crippen LogP) is 5.43. The first-order chi connectivity index (χ1) is 14.9. The predicted molar refractivity (Wildman–Crippen MR) is 128 cm³/mol. The molecule has 5 rings (SSSR count). The van der Waals surface area contributed by atoms with Gasteiger partial charge in [0.05, 0.1) is 10.0 Å². The molecule has 0 unspecified atom stereocenters. The van der Waals surface area contributed by atoms with Crippen molar-refractivity contribution in [2.75, 3.05) is 31.1 Å². The molecule has 4 nitrogen and oxygen atoms in total. The Kier molecular flexibility index (Phi) is 5.49. The first-order valence-corrected chi connectivity index (χ1v) is 11.8. The molecule has 31 heavy (non-hydrogen) atoms. The monoisotopic (exact) mass is 455 g/mol. The molecule has 2 aromatic rings. The van der Waals surface area contributed by atoms with Crippen LogP contribution in [-0.4, -0.2) is 37.1 Å². The number of amides is 2. The molecular formula is C25H27Cl2N3O. The number of halogens is 2. The van der Waals surface area contributed by atoms with Crippen LogP contribution in [0.15, 0.2) is 36.4 Å². The van der Waals surface area contributed by atoms with Crippen LogP contribution in [0.25, 0.3) is 6.08 Å². The van der Waals surface area contributed by atoms with E-state index in [1.807, 2.05) is 23.1 Å². The van der Waals surface area contributed by atoms with Gasteiger partial charge in [-0.25, -0.2) is 4.79 Å². The molecule has 2 heterocycles. The number of fused-ring (bicyclic) bond motifs is 3. The minimum absolute atomic E-state index is 0.0336. The number of rotatable bonds is 3. The highest BCUT2D eigenvalue weighted by Gasteiger charge is 2.46. The van der Waals surface area contributed by atoms with E-state index in [4.69, 9.17) is 28.9 Å². The van der Waals surface area contributed by atoms with Gasteiger partial charge in [-0.3, -0.25) is 9.80 Å². The topological polar surface area (TPSA) is 49.6 Å². The van der Waals surface area contributed by atoms with Crippen molar-refractivity contribution in [3.05, 3.63) is 68.7 Å². The molecular weight excluding hydrogens is 429 g/mol. The third kappa shape index (κ3) is 3.86. The Bertz CT molecular complexity index is 1060. The van der Waals surface area contributed by atoms with Gasteiger partial charge in [0.1, 0.15) is 0 Å². The third-order valence-corrected chi connectivity index (χ3v) is 7.97. The summed E-state index contributed by atoms with van der Waals surface area (Å²) in [6.07, 6.45) is 9.84. The Hall–Kier alpha value is -2.01. The Morgan fingerprint density at radius 3 is 2.52 bits per heavy atom. The number of aryl methyl sites for hydroxylation is 2. The van der Waals surface area contributed by atoms with Gasteiger partial charge >= 0.3 is 6.03 Å². The number of piperidine rings is 1. The lowest BCUT2D eigenvalue weighted by Gasteiger charge is -2.39. The normalized spacial score (nSPS) is 19.9. The average molecular weight is 456 g/mol. The van der Waals surface area contributed by atoms with Crippen LogP contribution in [0.3, 0.4) is 0 Å². The minimum Gasteiger partial charge on any atom is -0.351 e. The maximum Gasteiger partial charge on any atom is 0.319 e. The summed E-state index contributed by atoms with van der Waals surface area (Å²) in [5.74, 6) is 0. The maximum absolute atomic E-state index is 12.2. The number of primary amides is 1. The summed E-state index contributed by atoms with van der Waals surface area (Å²) in [7, 11) is 0. The number of hydrogen-bond donors (Lipinski definition) is 1. The van der Waals surface area contributed by atoms with Crippen molar-refractivity contribution in [1.29, 1.82) is 0 Å². The van der Waals surface area contributed by atoms with Crippen LogP contribution in [-0.2, 0) is 18.3 Å². The molecule has 2 amide bonds. The molecule has 3 aliphatic rings. The fourth-order valence-electron chi connectivity index (χ4n) is 5.47. The first kappa shape index (κ1) is 20.9. The fourth-order valence-corrected chi connectivity index (χ4v) is 5.78.